The number of alkyl halides is 3. The number of nitrogens with zero attached hydrogens (tertiary/aromatic N) is 4. The third-order valence-electron chi connectivity index (χ3n) is 4.82. The summed E-state index contributed by atoms with van der Waals surface area (Å²) in [6.07, 6.45) is -4.80. The Hall–Kier alpha value is -4.14. The van der Waals surface area contributed by atoms with Crippen LogP contribution in [0.4, 0.5) is 28.0 Å². The van der Waals surface area contributed by atoms with Crippen molar-refractivity contribution in [3.8, 4) is 28.6 Å². The highest BCUT2D eigenvalue weighted by Crippen LogP contribution is 2.43. The fraction of sp³-hybridized carbons (Fsp3) is 0.227. The number of halogens is 4. The maximum atomic E-state index is 15.6. The normalized spacial score (nSPS) is 14.0. The first-order valence-electron chi connectivity index (χ1n) is 10.2. The lowest BCUT2D eigenvalue weighted by Crippen LogP contribution is -2.21. The average Bonchev–Trinajstić information content (AvgIpc) is 3.38. The molecule has 0 bridgehead atoms. The van der Waals surface area contributed by atoms with Crippen molar-refractivity contribution in [2.75, 3.05) is 26.6 Å². The van der Waals surface area contributed by atoms with Crippen LogP contribution in [0, 0.1) is 5.82 Å². The molecule has 4 rings (SSSR count). The van der Waals surface area contributed by atoms with Gasteiger partial charge < -0.3 is 23.8 Å². The summed E-state index contributed by atoms with van der Waals surface area (Å²) in [6.45, 7) is 0.256. The molecule has 1 amide bonds. The SMILES string of the molecule is COc1cc(C(=Nc2ccc(-c3noc(C(F)(F)F)n3)cc2)C(=NC(=O)O)SC)c(F)c2c1OCCO2. The van der Waals surface area contributed by atoms with Gasteiger partial charge in [-0.05, 0) is 36.6 Å². The maximum absolute atomic E-state index is 15.6. The predicted molar refractivity (Wildman–Crippen MR) is 124 cm³/mol. The van der Waals surface area contributed by atoms with Crippen molar-refractivity contribution in [1.29, 1.82) is 0 Å². The van der Waals surface area contributed by atoms with Crippen LogP contribution < -0.4 is 14.2 Å². The number of benzene rings is 2. The molecule has 0 aliphatic carbocycles. The van der Waals surface area contributed by atoms with Crippen LogP contribution in [-0.4, -0.2) is 58.7 Å². The van der Waals surface area contributed by atoms with Crippen LogP contribution in [0.15, 0.2) is 44.8 Å². The molecule has 2 aromatic carbocycles. The summed E-state index contributed by atoms with van der Waals surface area (Å²) in [5.74, 6) is -2.71. The van der Waals surface area contributed by atoms with E-state index in [2.05, 4.69) is 24.6 Å². The lowest BCUT2D eigenvalue weighted by molar-refractivity contribution is -0.159. The molecule has 15 heteroatoms. The highest BCUT2D eigenvalue weighted by atomic mass is 32.2. The zero-order valence-electron chi connectivity index (χ0n) is 19.0. The number of amides is 1. The molecule has 0 fully saturated rings. The lowest BCUT2D eigenvalue weighted by atomic mass is 10.1. The van der Waals surface area contributed by atoms with Crippen LogP contribution >= 0.6 is 11.8 Å². The van der Waals surface area contributed by atoms with Crippen molar-refractivity contribution < 1.29 is 46.2 Å². The zero-order chi connectivity index (χ0) is 26.7. The molecular formula is C22H16F4N4O6S. The minimum Gasteiger partial charge on any atom is -0.493 e. The maximum Gasteiger partial charge on any atom is 0.471 e. The van der Waals surface area contributed by atoms with E-state index in [1.54, 1.807) is 0 Å². The minimum atomic E-state index is -4.79. The molecule has 0 atom stereocenters. The summed E-state index contributed by atoms with van der Waals surface area (Å²) < 4.78 is 74.2. The monoisotopic (exact) mass is 540 g/mol. The molecular weight excluding hydrogens is 524 g/mol. The first kappa shape index (κ1) is 25.9. The Morgan fingerprint density at radius 2 is 1.84 bits per heavy atom. The van der Waals surface area contributed by atoms with E-state index in [-0.39, 0.29) is 63.9 Å². The Balaban J connectivity index is 1.81. The number of fused-ring (bicyclic) bond motifs is 1. The second kappa shape index (κ2) is 10.5. The van der Waals surface area contributed by atoms with Gasteiger partial charge in [-0.25, -0.2) is 14.2 Å². The van der Waals surface area contributed by atoms with Gasteiger partial charge in [-0.3, -0.25) is 0 Å². The number of aromatic nitrogens is 2. The van der Waals surface area contributed by atoms with Crippen LogP contribution in [-0.2, 0) is 6.18 Å². The van der Waals surface area contributed by atoms with E-state index in [0.717, 1.165) is 11.8 Å². The van der Waals surface area contributed by atoms with E-state index in [1.807, 2.05) is 0 Å². The first-order valence-corrected chi connectivity index (χ1v) is 11.5. The highest BCUT2D eigenvalue weighted by Gasteiger charge is 2.38. The molecule has 1 aliphatic rings. The summed E-state index contributed by atoms with van der Waals surface area (Å²) in [7, 11) is 1.34. The molecule has 10 nitrogen and oxygen atoms in total. The van der Waals surface area contributed by atoms with Crippen LogP contribution in [0.3, 0.4) is 0 Å². The van der Waals surface area contributed by atoms with Crippen molar-refractivity contribution in [2.24, 2.45) is 9.98 Å². The summed E-state index contributed by atoms with van der Waals surface area (Å²) in [6, 6.07) is 6.81. The van der Waals surface area contributed by atoms with Gasteiger partial charge in [-0.1, -0.05) is 5.16 Å². The Bertz CT molecular complexity index is 1390. The largest absolute Gasteiger partial charge is 0.493 e. The van der Waals surface area contributed by atoms with Crippen LogP contribution in [0.2, 0.25) is 0 Å². The molecule has 1 aliphatic heterocycles. The van der Waals surface area contributed by atoms with Gasteiger partial charge in [0.25, 0.3) is 0 Å². The summed E-state index contributed by atoms with van der Waals surface area (Å²) in [5, 5.41) is 12.4. The minimum absolute atomic E-state index is 0.0536. The number of carbonyl (C=O) groups is 1. The molecule has 37 heavy (non-hydrogen) atoms. The third-order valence-corrected chi connectivity index (χ3v) is 5.49. The number of carboxylic acid groups (broad SMARTS) is 1. The van der Waals surface area contributed by atoms with Crippen molar-refractivity contribution in [3.05, 3.63) is 47.6 Å². The van der Waals surface area contributed by atoms with Gasteiger partial charge in [0.1, 0.15) is 24.0 Å². The molecule has 0 radical (unpaired) electrons. The van der Waals surface area contributed by atoms with Crippen molar-refractivity contribution in [2.45, 2.75) is 6.18 Å². The molecule has 1 N–H and O–H groups in total. The second-order valence-electron chi connectivity index (χ2n) is 7.13. The lowest BCUT2D eigenvalue weighted by Gasteiger charge is -2.22. The summed E-state index contributed by atoms with van der Waals surface area (Å²) in [4.78, 5) is 22.6. The van der Waals surface area contributed by atoms with E-state index in [0.29, 0.717) is 0 Å². The fourth-order valence-electron chi connectivity index (χ4n) is 3.25. The number of ether oxygens (including phenoxy) is 3. The molecule has 0 spiro atoms. The Labute approximate surface area is 210 Å². The number of methoxy groups -OCH3 is 1. The van der Waals surface area contributed by atoms with Gasteiger partial charge in [-0.2, -0.15) is 23.1 Å². The van der Waals surface area contributed by atoms with E-state index >= 15 is 4.39 Å². The zero-order valence-corrected chi connectivity index (χ0v) is 19.8. The number of aliphatic imine (C=N–C) groups is 2. The number of thioether (sulfide) groups is 1. The highest BCUT2D eigenvalue weighted by molar-refractivity contribution is 8.15. The van der Waals surface area contributed by atoms with Gasteiger partial charge in [0.05, 0.1) is 12.8 Å². The van der Waals surface area contributed by atoms with Gasteiger partial charge in [0.2, 0.25) is 17.3 Å². The second-order valence-corrected chi connectivity index (χ2v) is 7.92. The van der Waals surface area contributed by atoms with Crippen molar-refractivity contribution in [1.82, 2.24) is 10.1 Å². The number of hydrogen-bond acceptors (Lipinski definition) is 9. The first-order chi connectivity index (χ1) is 17.6. The third kappa shape index (κ3) is 5.50. The van der Waals surface area contributed by atoms with Crippen molar-refractivity contribution >= 4 is 34.3 Å². The Morgan fingerprint density at radius 3 is 2.41 bits per heavy atom. The van der Waals surface area contributed by atoms with E-state index in [9.17, 15) is 23.1 Å². The molecule has 3 aromatic rings. The molecule has 1 aromatic heterocycles. The predicted octanol–water partition coefficient (Wildman–Crippen LogP) is 5.23. The molecule has 2 heterocycles. The Kier molecular flexibility index (Phi) is 7.33. The average molecular weight is 540 g/mol. The van der Waals surface area contributed by atoms with Crippen LogP contribution in [0.5, 0.6) is 17.2 Å². The van der Waals surface area contributed by atoms with E-state index in [1.165, 1.54) is 43.7 Å². The molecule has 0 unspecified atom stereocenters. The standard InChI is InChI=1S/C22H16F4N4O6S/c1-33-13-9-12(14(23)17-16(13)34-7-8-35-17)15(19(37-2)29-21(31)32)27-11-5-3-10(4-6-11)18-28-20(36-30-18)22(24,25)26/h3-6,9H,7-8H2,1-2H3,(H,31,32). The topological polar surface area (TPSA) is 129 Å². The van der Waals surface area contributed by atoms with Crippen LogP contribution in [0.25, 0.3) is 11.4 Å². The number of hydrogen-bond donors (Lipinski definition) is 1. The van der Waals surface area contributed by atoms with Gasteiger partial charge in [0.15, 0.2) is 11.6 Å². The fourth-order valence-corrected chi connectivity index (χ4v) is 3.76. The smallest absolute Gasteiger partial charge is 0.471 e. The van der Waals surface area contributed by atoms with Gasteiger partial charge in [-0.15, -0.1) is 11.8 Å². The van der Waals surface area contributed by atoms with Gasteiger partial charge in [0, 0.05) is 11.1 Å². The van der Waals surface area contributed by atoms with E-state index in [4.69, 9.17) is 14.2 Å². The van der Waals surface area contributed by atoms with Crippen LogP contribution in [0.1, 0.15) is 11.5 Å². The number of rotatable bonds is 5. The van der Waals surface area contributed by atoms with E-state index < -0.39 is 24.0 Å². The molecule has 0 saturated heterocycles. The Morgan fingerprint density at radius 1 is 1.16 bits per heavy atom. The molecule has 194 valence electrons. The van der Waals surface area contributed by atoms with Gasteiger partial charge >= 0.3 is 18.2 Å². The summed E-state index contributed by atoms with van der Waals surface area (Å²) in [5.41, 5.74) is 0.0526. The van der Waals surface area contributed by atoms with Crippen molar-refractivity contribution in [3.63, 3.8) is 0 Å². The summed E-state index contributed by atoms with van der Waals surface area (Å²) >= 11 is 0.905. The molecule has 0 saturated carbocycles. The quantitative estimate of drug-likeness (QED) is 0.263.